The van der Waals surface area contributed by atoms with Crippen LogP contribution in [0.3, 0.4) is 0 Å². The zero-order chi connectivity index (χ0) is 18.0. The van der Waals surface area contributed by atoms with Gasteiger partial charge in [0.25, 0.3) is 11.5 Å². The van der Waals surface area contributed by atoms with Crippen molar-refractivity contribution in [3.05, 3.63) is 80.8 Å². The third-order valence-corrected chi connectivity index (χ3v) is 3.85. The standard InChI is InChI=1S/C17H17N5O3/c1-20-14(8-15(23)21(2)17(20)25)19-16(24)13-9-18-22(11-13)10-12-6-4-3-5-7-12/h3-9,11H,10H2,1-2H3,(H,19,24). The molecular formula is C17H17N5O3. The summed E-state index contributed by atoms with van der Waals surface area (Å²) in [6.45, 7) is 0.540. The third kappa shape index (κ3) is 3.42. The van der Waals surface area contributed by atoms with Crippen LogP contribution in [0.2, 0.25) is 0 Å². The van der Waals surface area contributed by atoms with E-state index in [9.17, 15) is 14.4 Å². The molecule has 0 spiro atoms. The Labute approximate surface area is 143 Å². The van der Waals surface area contributed by atoms with E-state index >= 15 is 0 Å². The van der Waals surface area contributed by atoms with Crippen LogP contribution in [0, 0.1) is 0 Å². The fourth-order valence-corrected chi connectivity index (χ4v) is 2.38. The Bertz CT molecular complexity index is 1030. The number of nitrogens with one attached hydrogen (secondary N) is 1. The molecule has 0 unspecified atom stereocenters. The molecule has 25 heavy (non-hydrogen) atoms. The Hall–Kier alpha value is -3.42. The number of anilines is 1. The number of carbonyl (C=O) groups is 1. The number of aromatic nitrogens is 4. The predicted molar refractivity (Wildman–Crippen MR) is 92.6 cm³/mol. The summed E-state index contributed by atoms with van der Waals surface area (Å²) < 4.78 is 3.81. The second-order valence-electron chi connectivity index (χ2n) is 5.63. The Morgan fingerprint density at radius 1 is 1.12 bits per heavy atom. The van der Waals surface area contributed by atoms with E-state index in [4.69, 9.17) is 0 Å². The van der Waals surface area contributed by atoms with E-state index in [1.54, 1.807) is 10.9 Å². The van der Waals surface area contributed by atoms with E-state index in [1.165, 1.54) is 30.9 Å². The van der Waals surface area contributed by atoms with Crippen molar-refractivity contribution in [1.29, 1.82) is 0 Å². The maximum Gasteiger partial charge on any atom is 0.332 e. The zero-order valence-electron chi connectivity index (χ0n) is 13.8. The maximum absolute atomic E-state index is 12.4. The molecule has 0 aliphatic rings. The summed E-state index contributed by atoms with van der Waals surface area (Å²) in [7, 11) is 2.86. The molecule has 0 aliphatic heterocycles. The molecule has 0 saturated carbocycles. The van der Waals surface area contributed by atoms with Gasteiger partial charge >= 0.3 is 5.69 Å². The average molecular weight is 339 g/mol. The van der Waals surface area contributed by atoms with Gasteiger partial charge in [0.15, 0.2) is 0 Å². The quantitative estimate of drug-likeness (QED) is 0.753. The van der Waals surface area contributed by atoms with Crippen LogP contribution in [0.1, 0.15) is 15.9 Å². The van der Waals surface area contributed by atoms with Crippen molar-refractivity contribution in [2.75, 3.05) is 5.32 Å². The van der Waals surface area contributed by atoms with Crippen LogP contribution >= 0.6 is 0 Å². The predicted octanol–water partition coefficient (Wildman–Crippen LogP) is 0.581. The number of benzene rings is 1. The lowest BCUT2D eigenvalue weighted by molar-refractivity contribution is 0.102. The summed E-state index contributed by atoms with van der Waals surface area (Å²) in [5, 5.41) is 6.74. The van der Waals surface area contributed by atoms with E-state index in [0.717, 1.165) is 10.1 Å². The first-order valence-electron chi connectivity index (χ1n) is 7.60. The molecule has 2 heterocycles. The second kappa shape index (κ2) is 6.60. The normalized spacial score (nSPS) is 10.6. The van der Waals surface area contributed by atoms with E-state index < -0.39 is 17.2 Å². The van der Waals surface area contributed by atoms with Gasteiger partial charge in [-0.25, -0.2) is 4.79 Å². The molecule has 1 N–H and O–H groups in total. The lowest BCUT2D eigenvalue weighted by Crippen LogP contribution is -2.38. The van der Waals surface area contributed by atoms with Gasteiger partial charge in [0.2, 0.25) is 0 Å². The first-order chi connectivity index (χ1) is 12.0. The highest BCUT2D eigenvalue weighted by Gasteiger charge is 2.13. The Balaban J connectivity index is 1.79. The van der Waals surface area contributed by atoms with Crippen LogP contribution in [-0.2, 0) is 20.6 Å². The molecule has 0 atom stereocenters. The number of hydrogen-bond acceptors (Lipinski definition) is 4. The molecule has 0 fully saturated rings. The van der Waals surface area contributed by atoms with Gasteiger partial charge < -0.3 is 5.32 Å². The maximum atomic E-state index is 12.4. The Morgan fingerprint density at radius 3 is 2.56 bits per heavy atom. The monoisotopic (exact) mass is 339 g/mol. The summed E-state index contributed by atoms with van der Waals surface area (Å²) in [4.78, 5) is 36.0. The van der Waals surface area contributed by atoms with Crippen LogP contribution in [0.5, 0.6) is 0 Å². The fourth-order valence-electron chi connectivity index (χ4n) is 2.38. The SMILES string of the molecule is Cn1c(NC(=O)c2cnn(Cc3ccccc3)c2)cc(=O)n(C)c1=O. The first-order valence-corrected chi connectivity index (χ1v) is 7.60. The van der Waals surface area contributed by atoms with Gasteiger partial charge in [-0.05, 0) is 5.56 Å². The van der Waals surface area contributed by atoms with Crippen LogP contribution in [-0.4, -0.2) is 24.8 Å². The number of carbonyl (C=O) groups excluding carboxylic acids is 1. The molecule has 0 saturated heterocycles. The third-order valence-electron chi connectivity index (χ3n) is 3.85. The minimum absolute atomic E-state index is 0.133. The Kier molecular flexibility index (Phi) is 4.34. The summed E-state index contributed by atoms with van der Waals surface area (Å²) in [6.07, 6.45) is 3.05. The molecule has 0 radical (unpaired) electrons. The second-order valence-corrected chi connectivity index (χ2v) is 5.63. The highest BCUT2D eigenvalue weighted by Crippen LogP contribution is 2.07. The van der Waals surface area contributed by atoms with Crippen LogP contribution in [0.25, 0.3) is 0 Å². The van der Waals surface area contributed by atoms with Crippen molar-refractivity contribution in [2.45, 2.75) is 6.54 Å². The van der Waals surface area contributed by atoms with E-state index in [-0.39, 0.29) is 5.82 Å². The topological polar surface area (TPSA) is 90.9 Å². The molecule has 3 aromatic rings. The van der Waals surface area contributed by atoms with Gasteiger partial charge in [-0.3, -0.25) is 23.4 Å². The van der Waals surface area contributed by atoms with Gasteiger partial charge in [-0.15, -0.1) is 0 Å². The van der Waals surface area contributed by atoms with Crippen LogP contribution in [0.15, 0.2) is 58.4 Å². The van der Waals surface area contributed by atoms with Crippen molar-refractivity contribution in [2.24, 2.45) is 14.1 Å². The Morgan fingerprint density at radius 2 is 1.84 bits per heavy atom. The number of nitrogens with zero attached hydrogens (tertiary/aromatic N) is 4. The number of amides is 1. The van der Waals surface area contributed by atoms with Gasteiger partial charge in [-0.2, -0.15) is 5.10 Å². The van der Waals surface area contributed by atoms with Crippen molar-refractivity contribution in [3.8, 4) is 0 Å². The van der Waals surface area contributed by atoms with Gasteiger partial charge in [-0.1, -0.05) is 30.3 Å². The smallest absolute Gasteiger partial charge is 0.308 e. The summed E-state index contributed by atoms with van der Waals surface area (Å²) in [6, 6.07) is 10.9. The molecule has 0 bridgehead atoms. The summed E-state index contributed by atoms with van der Waals surface area (Å²) in [5.41, 5.74) is 0.399. The van der Waals surface area contributed by atoms with E-state index in [0.29, 0.717) is 12.1 Å². The molecule has 128 valence electrons. The average Bonchev–Trinajstić information content (AvgIpc) is 3.07. The van der Waals surface area contributed by atoms with Crippen molar-refractivity contribution < 1.29 is 4.79 Å². The largest absolute Gasteiger partial charge is 0.332 e. The molecule has 2 aromatic heterocycles. The molecule has 3 rings (SSSR count). The molecule has 8 nitrogen and oxygen atoms in total. The number of hydrogen-bond donors (Lipinski definition) is 1. The van der Waals surface area contributed by atoms with Crippen LogP contribution < -0.4 is 16.6 Å². The van der Waals surface area contributed by atoms with E-state index in [1.807, 2.05) is 30.3 Å². The van der Waals surface area contributed by atoms with Crippen molar-refractivity contribution in [3.63, 3.8) is 0 Å². The highest BCUT2D eigenvalue weighted by atomic mass is 16.2. The molecule has 1 amide bonds. The van der Waals surface area contributed by atoms with E-state index in [2.05, 4.69) is 10.4 Å². The number of rotatable bonds is 4. The lowest BCUT2D eigenvalue weighted by atomic mass is 10.2. The molecule has 8 heteroatoms. The van der Waals surface area contributed by atoms with Crippen molar-refractivity contribution >= 4 is 11.7 Å². The summed E-state index contributed by atoms with van der Waals surface area (Å²) in [5.74, 6) is -0.309. The lowest BCUT2D eigenvalue weighted by Gasteiger charge is -2.09. The summed E-state index contributed by atoms with van der Waals surface area (Å²) >= 11 is 0. The fraction of sp³-hybridized carbons (Fsp3) is 0.176. The minimum Gasteiger partial charge on any atom is -0.308 e. The zero-order valence-corrected chi connectivity index (χ0v) is 13.8. The molecule has 1 aromatic carbocycles. The minimum atomic E-state index is -0.512. The molecule has 0 aliphatic carbocycles. The first kappa shape index (κ1) is 16.4. The molecular weight excluding hydrogens is 322 g/mol. The van der Waals surface area contributed by atoms with Gasteiger partial charge in [0.05, 0.1) is 18.3 Å². The highest BCUT2D eigenvalue weighted by molar-refractivity contribution is 6.03. The van der Waals surface area contributed by atoms with Gasteiger partial charge in [0, 0.05) is 26.4 Å². The van der Waals surface area contributed by atoms with Gasteiger partial charge in [0.1, 0.15) is 5.82 Å². The van der Waals surface area contributed by atoms with Crippen molar-refractivity contribution in [1.82, 2.24) is 18.9 Å². The van der Waals surface area contributed by atoms with Crippen LogP contribution in [0.4, 0.5) is 5.82 Å².